The molecular formula is C16H23NO3. The lowest BCUT2D eigenvalue weighted by molar-refractivity contribution is -0.00202. The number of rotatable bonds is 3. The third kappa shape index (κ3) is 4.15. The number of carbonyl (C=O) groups is 1. The van der Waals surface area contributed by atoms with E-state index in [2.05, 4.69) is 0 Å². The van der Waals surface area contributed by atoms with Crippen molar-refractivity contribution in [2.45, 2.75) is 39.2 Å². The Labute approximate surface area is 120 Å². The van der Waals surface area contributed by atoms with Gasteiger partial charge in [0.05, 0.1) is 0 Å². The second-order valence-corrected chi connectivity index (χ2v) is 6.46. The van der Waals surface area contributed by atoms with Crippen molar-refractivity contribution in [3.05, 3.63) is 29.8 Å². The molecule has 0 unspecified atom stereocenters. The number of likely N-dealkylation sites (tertiary alicyclic amines) is 1. The monoisotopic (exact) mass is 277 g/mol. The zero-order valence-electron chi connectivity index (χ0n) is 12.4. The van der Waals surface area contributed by atoms with E-state index in [1.54, 1.807) is 17.0 Å². The standard InChI is InChI=1S/C16H23NO3/c1-16(2,3)20-15(19)17-10-13(11-17)5-4-12-6-8-14(18)9-7-12/h6-9,13,18H,4-5,10-11H2,1-3H3. The molecule has 0 aromatic heterocycles. The van der Waals surface area contributed by atoms with Crippen LogP contribution in [0.15, 0.2) is 24.3 Å². The third-order valence-electron chi connectivity index (χ3n) is 3.39. The van der Waals surface area contributed by atoms with E-state index in [0.29, 0.717) is 11.7 Å². The maximum absolute atomic E-state index is 11.8. The van der Waals surface area contributed by atoms with Crippen LogP contribution in [-0.2, 0) is 11.2 Å². The van der Waals surface area contributed by atoms with Crippen LogP contribution in [-0.4, -0.2) is 34.8 Å². The van der Waals surface area contributed by atoms with E-state index in [1.807, 2.05) is 32.9 Å². The van der Waals surface area contributed by atoms with Crippen LogP contribution in [0.5, 0.6) is 5.75 Å². The molecule has 0 spiro atoms. The molecular weight excluding hydrogens is 254 g/mol. The Hall–Kier alpha value is -1.71. The van der Waals surface area contributed by atoms with E-state index in [-0.39, 0.29) is 6.09 Å². The maximum Gasteiger partial charge on any atom is 0.410 e. The molecule has 2 rings (SSSR count). The Kier molecular flexibility index (Phi) is 4.21. The first-order chi connectivity index (χ1) is 9.33. The highest BCUT2D eigenvalue weighted by molar-refractivity contribution is 5.69. The van der Waals surface area contributed by atoms with Crippen molar-refractivity contribution in [3.63, 3.8) is 0 Å². The van der Waals surface area contributed by atoms with Gasteiger partial charge in [-0.05, 0) is 57.2 Å². The number of carbonyl (C=O) groups excluding carboxylic acids is 1. The molecule has 0 saturated carbocycles. The first-order valence-corrected chi connectivity index (χ1v) is 7.09. The summed E-state index contributed by atoms with van der Waals surface area (Å²) >= 11 is 0. The summed E-state index contributed by atoms with van der Waals surface area (Å²) < 4.78 is 5.33. The van der Waals surface area contributed by atoms with Gasteiger partial charge in [0, 0.05) is 13.1 Å². The fraction of sp³-hybridized carbons (Fsp3) is 0.562. The molecule has 110 valence electrons. The van der Waals surface area contributed by atoms with Gasteiger partial charge in [-0.1, -0.05) is 12.1 Å². The second kappa shape index (κ2) is 5.73. The molecule has 1 aromatic rings. The zero-order chi connectivity index (χ0) is 14.8. The molecule has 0 bridgehead atoms. The predicted octanol–water partition coefficient (Wildman–Crippen LogP) is 3.19. The van der Waals surface area contributed by atoms with Crippen LogP contribution in [0.4, 0.5) is 4.79 Å². The van der Waals surface area contributed by atoms with E-state index in [1.165, 1.54) is 5.56 Å². The summed E-state index contributed by atoms with van der Waals surface area (Å²) in [5, 5.41) is 9.22. The molecule has 1 heterocycles. The highest BCUT2D eigenvalue weighted by atomic mass is 16.6. The lowest BCUT2D eigenvalue weighted by Crippen LogP contribution is -2.51. The molecule has 1 fully saturated rings. The maximum atomic E-state index is 11.8. The minimum atomic E-state index is -0.422. The lowest BCUT2D eigenvalue weighted by Gasteiger charge is -2.39. The first-order valence-electron chi connectivity index (χ1n) is 7.09. The average molecular weight is 277 g/mol. The van der Waals surface area contributed by atoms with Crippen molar-refractivity contribution in [1.82, 2.24) is 4.90 Å². The molecule has 0 atom stereocenters. The first kappa shape index (κ1) is 14.7. The predicted molar refractivity (Wildman–Crippen MR) is 77.7 cm³/mol. The Morgan fingerprint density at radius 3 is 2.45 bits per heavy atom. The van der Waals surface area contributed by atoms with Gasteiger partial charge in [-0.25, -0.2) is 4.79 Å². The Bertz CT molecular complexity index is 456. The number of phenols is 1. The van der Waals surface area contributed by atoms with Gasteiger partial charge >= 0.3 is 6.09 Å². The van der Waals surface area contributed by atoms with Crippen LogP contribution in [0.1, 0.15) is 32.8 Å². The quantitative estimate of drug-likeness (QED) is 0.923. The van der Waals surface area contributed by atoms with Crippen molar-refractivity contribution in [2.24, 2.45) is 5.92 Å². The number of ether oxygens (including phenoxy) is 1. The fourth-order valence-corrected chi connectivity index (χ4v) is 2.26. The number of aromatic hydroxyl groups is 1. The second-order valence-electron chi connectivity index (χ2n) is 6.46. The van der Waals surface area contributed by atoms with Gasteiger partial charge < -0.3 is 14.7 Å². The summed E-state index contributed by atoms with van der Waals surface area (Å²) in [6, 6.07) is 7.31. The van der Waals surface area contributed by atoms with E-state index < -0.39 is 5.60 Å². The van der Waals surface area contributed by atoms with E-state index in [0.717, 1.165) is 25.9 Å². The SMILES string of the molecule is CC(C)(C)OC(=O)N1CC(CCc2ccc(O)cc2)C1. The normalized spacial score (nSPS) is 15.8. The van der Waals surface area contributed by atoms with Crippen molar-refractivity contribution >= 4 is 6.09 Å². The Balaban J connectivity index is 1.69. The van der Waals surface area contributed by atoms with Gasteiger partial charge in [0.25, 0.3) is 0 Å². The van der Waals surface area contributed by atoms with Crippen molar-refractivity contribution in [2.75, 3.05) is 13.1 Å². The summed E-state index contributed by atoms with van der Waals surface area (Å²) in [4.78, 5) is 13.5. The number of nitrogens with zero attached hydrogens (tertiary/aromatic N) is 1. The van der Waals surface area contributed by atoms with Gasteiger partial charge in [0.2, 0.25) is 0 Å². The van der Waals surface area contributed by atoms with Crippen LogP contribution in [0.2, 0.25) is 0 Å². The molecule has 20 heavy (non-hydrogen) atoms. The van der Waals surface area contributed by atoms with Gasteiger partial charge in [0.1, 0.15) is 11.4 Å². The fourth-order valence-electron chi connectivity index (χ4n) is 2.26. The molecule has 1 amide bonds. The van der Waals surface area contributed by atoms with Crippen LogP contribution in [0.3, 0.4) is 0 Å². The molecule has 1 N–H and O–H groups in total. The highest BCUT2D eigenvalue weighted by Gasteiger charge is 2.33. The molecule has 4 nitrogen and oxygen atoms in total. The van der Waals surface area contributed by atoms with E-state index in [4.69, 9.17) is 4.74 Å². The minimum Gasteiger partial charge on any atom is -0.508 e. The average Bonchev–Trinajstić information content (AvgIpc) is 2.27. The van der Waals surface area contributed by atoms with Crippen molar-refractivity contribution < 1.29 is 14.6 Å². The summed E-state index contributed by atoms with van der Waals surface area (Å²) in [6.45, 7) is 7.22. The van der Waals surface area contributed by atoms with Crippen molar-refractivity contribution in [3.8, 4) is 5.75 Å². The summed E-state index contributed by atoms with van der Waals surface area (Å²) in [5.74, 6) is 0.852. The topological polar surface area (TPSA) is 49.8 Å². The van der Waals surface area contributed by atoms with Gasteiger partial charge in [-0.3, -0.25) is 0 Å². The summed E-state index contributed by atoms with van der Waals surface area (Å²) in [7, 11) is 0. The minimum absolute atomic E-state index is 0.210. The number of amides is 1. The van der Waals surface area contributed by atoms with E-state index in [9.17, 15) is 9.90 Å². The van der Waals surface area contributed by atoms with Gasteiger partial charge in [-0.2, -0.15) is 0 Å². The van der Waals surface area contributed by atoms with Crippen molar-refractivity contribution in [1.29, 1.82) is 0 Å². The lowest BCUT2D eigenvalue weighted by atomic mass is 9.93. The number of hydrogen-bond donors (Lipinski definition) is 1. The molecule has 1 aliphatic heterocycles. The summed E-state index contributed by atoms with van der Waals surface area (Å²) in [6.07, 6.45) is 1.83. The molecule has 1 aliphatic rings. The molecule has 0 aliphatic carbocycles. The molecule has 1 saturated heterocycles. The molecule has 1 aromatic carbocycles. The summed E-state index contributed by atoms with van der Waals surface area (Å²) in [5.41, 5.74) is 0.798. The number of benzene rings is 1. The van der Waals surface area contributed by atoms with Crippen LogP contribution >= 0.6 is 0 Å². The van der Waals surface area contributed by atoms with E-state index >= 15 is 0 Å². The van der Waals surface area contributed by atoms with Crippen LogP contribution < -0.4 is 0 Å². The number of aryl methyl sites for hydroxylation is 1. The Morgan fingerprint density at radius 1 is 1.30 bits per heavy atom. The van der Waals surface area contributed by atoms with Gasteiger partial charge in [-0.15, -0.1) is 0 Å². The van der Waals surface area contributed by atoms with Gasteiger partial charge in [0.15, 0.2) is 0 Å². The zero-order valence-corrected chi connectivity index (χ0v) is 12.4. The molecule has 4 heteroatoms. The molecule has 0 radical (unpaired) electrons. The smallest absolute Gasteiger partial charge is 0.410 e. The van der Waals surface area contributed by atoms with Crippen LogP contribution in [0, 0.1) is 5.92 Å². The Morgan fingerprint density at radius 2 is 1.90 bits per heavy atom. The number of phenolic OH excluding ortho intramolecular Hbond substituents is 1. The number of hydrogen-bond acceptors (Lipinski definition) is 3. The van der Waals surface area contributed by atoms with Crippen LogP contribution in [0.25, 0.3) is 0 Å². The third-order valence-corrected chi connectivity index (χ3v) is 3.39. The largest absolute Gasteiger partial charge is 0.508 e. The highest BCUT2D eigenvalue weighted by Crippen LogP contribution is 2.24.